The Kier molecular flexibility index (Phi) is 4.94. The van der Waals surface area contributed by atoms with Gasteiger partial charge < -0.3 is 15.7 Å². The van der Waals surface area contributed by atoms with Crippen LogP contribution in [0.1, 0.15) is 23.8 Å². The maximum Gasteiger partial charge on any atom is 0.274 e. The van der Waals surface area contributed by atoms with Gasteiger partial charge in [-0.25, -0.2) is 4.68 Å². The molecular weight excluding hydrogens is 268 g/mol. The fraction of sp³-hybridized carbons (Fsp3) is 0.333. The molecule has 1 heterocycles. The summed E-state index contributed by atoms with van der Waals surface area (Å²) in [6, 6.07) is 9.00. The second-order valence-electron chi connectivity index (χ2n) is 4.70. The molecule has 3 N–H and O–H groups in total. The number of aliphatic hydroxyl groups is 1. The van der Waals surface area contributed by atoms with Gasteiger partial charge >= 0.3 is 0 Å². The fourth-order valence-electron chi connectivity index (χ4n) is 2.08. The maximum absolute atomic E-state index is 12.3. The Hall–Kier alpha value is -2.34. The van der Waals surface area contributed by atoms with Gasteiger partial charge in [-0.3, -0.25) is 4.79 Å². The quantitative estimate of drug-likeness (QED) is 0.785. The summed E-state index contributed by atoms with van der Waals surface area (Å²) in [4.78, 5) is 14.0. The van der Waals surface area contributed by atoms with Crippen molar-refractivity contribution in [3.05, 3.63) is 42.2 Å². The van der Waals surface area contributed by atoms with Crippen molar-refractivity contribution in [2.45, 2.75) is 13.3 Å². The minimum absolute atomic E-state index is 0.0709. The van der Waals surface area contributed by atoms with E-state index in [2.05, 4.69) is 5.10 Å². The Balaban J connectivity index is 2.17. The fourth-order valence-corrected chi connectivity index (χ4v) is 2.08. The number of nitrogens with two attached hydrogens (primary N) is 1. The number of aliphatic hydroxyl groups excluding tert-OH is 1. The zero-order valence-electron chi connectivity index (χ0n) is 12.1. The number of hydrogen-bond acceptors (Lipinski definition) is 4. The smallest absolute Gasteiger partial charge is 0.274 e. The largest absolute Gasteiger partial charge is 0.399 e. The third-order valence-electron chi connectivity index (χ3n) is 3.20. The first-order chi connectivity index (χ1) is 10.2. The number of benzene rings is 1. The van der Waals surface area contributed by atoms with Gasteiger partial charge in [-0.15, -0.1) is 0 Å². The van der Waals surface area contributed by atoms with Crippen molar-refractivity contribution in [1.82, 2.24) is 14.7 Å². The number of nitrogens with zero attached hydrogens (tertiary/aromatic N) is 3. The van der Waals surface area contributed by atoms with Crippen LogP contribution in [0.25, 0.3) is 5.69 Å². The second-order valence-corrected chi connectivity index (χ2v) is 4.70. The molecule has 2 aromatic rings. The molecule has 1 aromatic heterocycles. The molecule has 0 saturated carbocycles. The monoisotopic (exact) mass is 288 g/mol. The van der Waals surface area contributed by atoms with Crippen molar-refractivity contribution in [3.8, 4) is 5.69 Å². The number of carbonyl (C=O) groups excluding carboxylic acids is 1. The van der Waals surface area contributed by atoms with Gasteiger partial charge in [-0.1, -0.05) is 6.07 Å². The van der Waals surface area contributed by atoms with Gasteiger partial charge in [0.1, 0.15) is 0 Å². The molecule has 0 spiro atoms. The standard InChI is InChI=1S/C15H20N4O2/c1-2-18(8-4-10-20)15(21)14-7-9-19(17-14)13-6-3-5-12(16)11-13/h3,5-7,9,11,20H,2,4,8,10,16H2,1H3. The SMILES string of the molecule is CCN(CCCO)C(=O)c1ccn(-c2cccc(N)c2)n1. The molecule has 112 valence electrons. The van der Waals surface area contributed by atoms with Crippen molar-refractivity contribution in [3.63, 3.8) is 0 Å². The summed E-state index contributed by atoms with van der Waals surface area (Å²) < 4.78 is 1.63. The van der Waals surface area contributed by atoms with Crippen molar-refractivity contribution < 1.29 is 9.90 Å². The van der Waals surface area contributed by atoms with Crippen LogP contribution in [0.2, 0.25) is 0 Å². The minimum atomic E-state index is -0.131. The summed E-state index contributed by atoms with van der Waals surface area (Å²) in [6.07, 6.45) is 2.30. The highest BCUT2D eigenvalue weighted by molar-refractivity contribution is 5.92. The summed E-state index contributed by atoms with van der Waals surface area (Å²) in [5.41, 5.74) is 7.59. The lowest BCUT2D eigenvalue weighted by atomic mass is 10.3. The Labute approximate surface area is 123 Å². The second kappa shape index (κ2) is 6.90. The van der Waals surface area contributed by atoms with Crippen LogP contribution in [0, 0.1) is 0 Å². The topological polar surface area (TPSA) is 84.4 Å². The number of aromatic nitrogens is 2. The molecule has 1 aromatic carbocycles. The van der Waals surface area contributed by atoms with Crippen LogP contribution in [0.5, 0.6) is 0 Å². The number of rotatable bonds is 6. The van der Waals surface area contributed by atoms with Crippen LogP contribution >= 0.6 is 0 Å². The molecule has 0 atom stereocenters. The van der Waals surface area contributed by atoms with Crippen LogP contribution in [0.4, 0.5) is 5.69 Å². The molecule has 0 saturated heterocycles. The average Bonchev–Trinajstić information content (AvgIpc) is 2.97. The minimum Gasteiger partial charge on any atom is -0.399 e. The molecule has 6 nitrogen and oxygen atoms in total. The van der Waals surface area contributed by atoms with E-state index in [9.17, 15) is 4.79 Å². The van der Waals surface area contributed by atoms with E-state index in [1.54, 1.807) is 34.0 Å². The molecule has 2 rings (SSSR count). The van der Waals surface area contributed by atoms with E-state index in [0.717, 1.165) is 5.69 Å². The molecule has 0 fully saturated rings. The molecule has 0 aliphatic rings. The normalized spacial score (nSPS) is 10.6. The zero-order valence-corrected chi connectivity index (χ0v) is 12.1. The summed E-state index contributed by atoms with van der Waals surface area (Å²) >= 11 is 0. The molecule has 0 radical (unpaired) electrons. The number of hydrogen-bond donors (Lipinski definition) is 2. The lowest BCUT2D eigenvalue weighted by Crippen LogP contribution is -2.32. The summed E-state index contributed by atoms with van der Waals surface area (Å²) in [5.74, 6) is -0.131. The third-order valence-corrected chi connectivity index (χ3v) is 3.20. The van der Waals surface area contributed by atoms with Crippen molar-refractivity contribution in [1.29, 1.82) is 0 Å². The van der Waals surface area contributed by atoms with E-state index < -0.39 is 0 Å². The van der Waals surface area contributed by atoms with Gasteiger partial charge in [0, 0.05) is 31.6 Å². The van der Waals surface area contributed by atoms with Crippen molar-refractivity contribution >= 4 is 11.6 Å². The lowest BCUT2D eigenvalue weighted by Gasteiger charge is -2.19. The molecule has 0 aliphatic carbocycles. The highest BCUT2D eigenvalue weighted by atomic mass is 16.3. The molecule has 21 heavy (non-hydrogen) atoms. The average molecular weight is 288 g/mol. The molecule has 6 heteroatoms. The first-order valence-electron chi connectivity index (χ1n) is 6.97. The highest BCUT2D eigenvalue weighted by Gasteiger charge is 2.16. The Bertz CT molecular complexity index is 609. The van der Waals surface area contributed by atoms with E-state index in [1.165, 1.54) is 0 Å². The molecule has 1 amide bonds. The Morgan fingerprint density at radius 1 is 1.43 bits per heavy atom. The van der Waals surface area contributed by atoms with Gasteiger partial charge in [0.15, 0.2) is 5.69 Å². The number of amides is 1. The lowest BCUT2D eigenvalue weighted by molar-refractivity contribution is 0.0748. The van der Waals surface area contributed by atoms with Gasteiger partial charge in [0.05, 0.1) is 5.69 Å². The van der Waals surface area contributed by atoms with Crippen LogP contribution in [-0.2, 0) is 0 Å². The third kappa shape index (κ3) is 3.61. The predicted molar refractivity (Wildman–Crippen MR) is 81.3 cm³/mol. The van der Waals surface area contributed by atoms with Crippen molar-refractivity contribution in [2.24, 2.45) is 0 Å². The predicted octanol–water partition coefficient (Wildman–Crippen LogP) is 1.30. The number of carbonyl (C=O) groups is 1. The van der Waals surface area contributed by atoms with Gasteiger partial charge in [-0.2, -0.15) is 5.10 Å². The van der Waals surface area contributed by atoms with Crippen LogP contribution in [-0.4, -0.2) is 45.4 Å². The van der Waals surface area contributed by atoms with Crippen LogP contribution in [0.15, 0.2) is 36.5 Å². The molecule has 0 aliphatic heterocycles. The van der Waals surface area contributed by atoms with E-state index >= 15 is 0 Å². The summed E-state index contributed by atoms with van der Waals surface area (Å²) in [6.45, 7) is 3.09. The van der Waals surface area contributed by atoms with Crippen LogP contribution in [0.3, 0.4) is 0 Å². The molecule has 0 unspecified atom stereocenters. The maximum atomic E-state index is 12.3. The van der Waals surface area contributed by atoms with E-state index in [4.69, 9.17) is 10.8 Å². The zero-order chi connectivity index (χ0) is 15.2. The van der Waals surface area contributed by atoms with Crippen LogP contribution < -0.4 is 5.73 Å². The number of anilines is 1. The summed E-state index contributed by atoms with van der Waals surface area (Å²) in [7, 11) is 0. The summed E-state index contributed by atoms with van der Waals surface area (Å²) in [5, 5.41) is 13.2. The van der Waals surface area contributed by atoms with Crippen molar-refractivity contribution in [2.75, 3.05) is 25.4 Å². The Morgan fingerprint density at radius 2 is 2.24 bits per heavy atom. The van der Waals surface area contributed by atoms with E-state index in [-0.39, 0.29) is 12.5 Å². The Morgan fingerprint density at radius 3 is 2.90 bits per heavy atom. The first kappa shape index (κ1) is 15.1. The highest BCUT2D eigenvalue weighted by Crippen LogP contribution is 2.12. The molecule has 0 bridgehead atoms. The van der Waals surface area contributed by atoms with E-state index in [1.807, 2.05) is 19.1 Å². The number of nitrogen functional groups attached to an aromatic ring is 1. The first-order valence-corrected chi connectivity index (χ1v) is 6.97. The van der Waals surface area contributed by atoms with Gasteiger partial charge in [-0.05, 0) is 37.6 Å². The molecular formula is C15H20N4O2. The van der Waals surface area contributed by atoms with Gasteiger partial charge in [0.25, 0.3) is 5.91 Å². The van der Waals surface area contributed by atoms with E-state index in [0.29, 0.717) is 30.9 Å². The van der Waals surface area contributed by atoms with Gasteiger partial charge in [0.2, 0.25) is 0 Å².